The van der Waals surface area contributed by atoms with Gasteiger partial charge in [-0.25, -0.2) is 0 Å². The normalized spacial score (nSPS) is 8.42. The maximum absolute atomic E-state index is 10.5. The molecule has 0 aliphatic heterocycles. The number of phenolic OH excluding ortho intramolecular Hbond substituents is 1. The zero-order valence-corrected chi connectivity index (χ0v) is 9.16. The van der Waals surface area contributed by atoms with Crippen molar-refractivity contribution in [2.75, 3.05) is 5.32 Å². The van der Waals surface area contributed by atoms with Crippen LogP contribution in [0.15, 0.2) is 24.3 Å². The topological polar surface area (TPSA) is 49.3 Å². The summed E-state index contributed by atoms with van der Waals surface area (Å²) in [5.74, 6) is 0.0785. The van der Waals surface area contributed by atoms with Crippen LogP contribution in [-0.2, 0) is 4.79 Å². The van der Waals surface area contributed by atoms with Crippen LogP contribution in [0.5, 0.6) is 5.75 Å². The molecule has 2 N–H and O–H groups in total. The van der Waals surface area contributed by atoms with Gasteiger partial charge < -0.3 is 10.4 Å². The summed E-state index contributed by atoms with van der Waals surface area (Å²) >= 11 is 0. The number of phenols is 1. The Kier molecular flexibility index (Phi) is 4.97. The van der Waals surface area contributed by atoms with Crippen molar-refractivity contribution >= 4 is 41.2 Å². The van der Waals surface area contributed by atoms with Crippen LogP contribution in [0, 0.1) is 0 Å². The quantitative estimate of drug-likeness (QED) is 0.492. The van der Waals surface area contributed by atoms with Gasteiger partial charge in [-0.05, 0) is 24.3 Å². The van der Waals surface area contributed by atoms with Gasteiger partial charge in [-0.1, -0.05) is 0 Å². The summed E-state index contributed by atoms with van der Waals surface area (Å²) in [7, 11) is 0. The number of amides is 1. The van der Waals surface area contributed by atoms with Crippen molar-refractivity contribution in [3.63, 3.8) is 0 Å². The van der Waals surface area contributed by atoms with Gasteiger partial charge in [0.1, 0.15) is 5.75 Å². The van der Waals surface area contributed by atoms with Crippen LogP contribution < -0.4 is 5.32 Å². The van der Waals surface area contributed by atoms with Gasteiger partial charge in [0.15, 0.2) is 0 Å². The van der Waals surface area contributed by atoms with E-state index in [4.69, 9.17) is 5.11 Å². The van der Waals surface area contributed by atoms with E-state index in [0.717, 1.165) is 0 Å². The van der Waals surface area contributed by atoms with Gasteiger partial charge >= 0.3 is 0 Å². The predicted molar refractivity (Wildman–Crippen MR) is 48.2 cm³/mol. The van der Waals surface area contributed by atoms with E-state index in [1.807, 2.05) is 0 Å². The molecule has 0 aromatic heterocycles. The van der Waals surface area contributed by atoms with Crippen LogP contribution in [-0.4, -0.2) is 40.6 Å². The molecule has 1 aromatic carbocycles. The molecule has 1 rings (SSSR count). The Labute approximate surface area is 93.1 Å². The third kappa shape index (κ3) is 3.76. The first kappa shape index (κ1) is 11.5. The van der Waals surface area contributed by atoms with E-state index in [-0.39, 0.29) is 41.2 Å². The maximum atomic E-state index is 10.5. The Bertz CT molecular complexity index is 258. The second-order valence-corrected chi connectivity index (χ2v) is 2.23. The predicted octanol–water partition coefficient (Wildman–Crippen LogP) is 0.970. The molecule has 0 heterocycles. The fourth-order valence-corrected chi connectivity index (χ4v) is 0.748. The van der Waals surface area contributed by atoms with Gasteiger partial charge in [-0.15, -0.1) is 0 Å². The summed E-state index contributed by atoms with van der Waals surface area (Å²) in [5.41, 5.74) is 0.690. The number of carbonyl (C=O) groups is 1. The Balaban J connectivity index is 0.00000121. The largest absolute Gasteiger partial charge is 0.508 e. The van der Waals surface area contributed by atoms with Crippen LogP contribution in [0.25, 0.3) is 0 Å². The Morgan fingerprint density at radius 3 is 2.25 bits per heavy atom. The molecule has 0 fully saturated rings. The summed E-state index contributed by atoms with van der Waals surface area (Å²) < 4.78 is 0. The number of hydrogen-bond acceptors (Lipinski definition) is 2. The second kappa shape index (κ2) is 5.19. The van der Waals surface area contributed by atoms with Gasteiger partial charge in [0, 0.05) is 42.2 Å². The molecule has 59 valence electrons. The summed E-state index contributed by atoms with van der Waals surface area (Å²) in [6, 6.07) is 6.31. The van der Waals surface area contributed by atoms with E-state index < -0.39 is 0 Å². The summed E-state index contributed by atoms with van der Waals surface area (Å²) in [6.45, 7) is 1.44. The van der Waals surface area contributed by atoms with Crippen LogP contribution in [0.3, 0.4) is 0 Å². The van der Waals surface area contributed by atoms with Gasteiger partial charge in [-0.2, -0.15) is 0 Å². The van der Waals surface area contributed by atoms with Crippen molar-refractivity contribution in [3.8, 4) is 5.75 Å². The second-order valence-electron chi connectivity index (χ2n) is 2.23. The number of hydrogen-bond donors (Lipinski definition) is 2. The summed E-state index contributed by atoms with van der Waals surface area (Å²) in [6.07, 6.45) is 0. The van der Waals surface area contributed by atoms with Crippen molar-refractivity contribution in [2.24, 2.45) is 0 Å². The van der Waals surface area contributed by atoms with Crippen LogP contribution in [0.2, 0.25) is 0 Å². The average Bonchev–Trinajstić information content (AvgIpc) is 1.93. The number of rotatable bonds is 1. The third-order valence-corrected chi connectivity index (χ3v) is 1.19. The van der Waals surface area contributed by atoms with Crippen LogP contribution in [0.1, 0.15) is 6.92 Å². The molecule has 0 unspecified atom stereocenters. The van der Waals surface area contributed by atoms with Crippen molar-refractivity contribution < 1.29 is 9.90 Å². The van der Waals surface area contributed by atoms with E-state index in [2.05, 4.69) is 5.32 Å². The fourth-order valence-electron chi connectivity index (χ4n) is 0.748. The van der Waals surface area contributed by atoms with Crippen molar-refractivity contribution in [2.45, 2.75) is 6.92 Å². The van der Waals surface area contributed by atoms with E-state index in [9.17, 15) is 4.79 Å². The van der Waals surface area contributed by atoms with Crippen molar-refractivity contribution in [1.82, 2.24) is 0 Å². The minimum atomic E-state index is -0.115. The Morgan fingerprint density at radius 1 is 1.33 bits per heavy atom. The molecular formula is C8H9NNaO2. The van der Waals surface area contributed by atoms with E-state index in [1.54, 1.807) is 12.1 Å². The number of benzene rings is 1. The molecule has 12 heavy (non-hydrogen) atoms. The van der Waals surface area contributed by atoms with E-state index in [0.29, 0.717) is 5.69 Å². The fraction of sp³-hybridized carbons (Fsp3) is 0.125. The molecule has 0 aliphatic carbocycles. The van der Waals surface area contributed by atoms with Crippen LogP contribution in [0.4, 0.5) is 5.69 Å². The number of anilines is 1. The zero-order valence-electron chi connectivity index (χ0n) is 7.16. The Morgan fingerprint density at radius 2 is 1.83 bits per heavy atom. The molecule has 0 bridgehead atoms. The summed E-state index contributed by atoms with van der Waals surface area (Å²) in [4.78, 5) is 10.5. The van der Waals surface area contributed by atoms with Crippen molar-refractivity contribution in [1.29, 1.82) is 0 Å². The SMILES string of the molecule is CC(=O)Nc1ccc(O)cc1.[Na]. The molecule has 1 radical (unpaired) electrons. The zero-order chi connectivity index (χ0) is 8.27. The first-order valence-corrected chi connectivity index (χ1v) is 3.25. The first-order valence-electron chi connectivity index (χ1n) is 3.25. The molecule has 3 nitrogen and oxygen atoms in total. The van der Waals surface area contributed by atoms with Gasteiger partial charge in [0.25, 0.3) is 0 Å². The van der Waals surface area contributed by atoms with Crippen LogP contribution >= 0.6 is 0 Å². The summed E-state index contributed by atoms with van der Waals surface area (Å²) in [5, 5.41) is 11.5. The van der Waals surface area contributed by atoms with Gasteiger partial charge in [0.2, 0.25) is 5.91 Å². The van der Waals surface area contributed by atoms with Gasteiger partial charge in [-0.3, -0.25) is 4.79 Å². The molecular weight excluding hydrogens is 165 g/mol. The third-order valence-electron chi connectivity index (χ3n) is 1.19. The van der Waals surface area contributed by atoms with E-state index >= 15 is 0 Å². The number of carbonyl (C=O) groups excluding carboxylic acids is 1. The minimum Gasteiger partial charge on any atom is -0.508 e. The molecule has 0 atom stereocenters. The van der Waals surface area contributed by atoms with E-state index in [1.165, 1.54) is 19.1 Å². The average molecular weight is 174 g/mol. The smallest absolute Gasteiger partial charge is 0.221 e. The first-order chi connectivity index (χ1) is 5.18. The molecule has 0 aliphatic rings. The molecule has 0 saturated carbocycles. The number of aromatic hydroxyl groups is 1. The molecule has 1 aromatic rings. The molecule has 1 amide bonds. The monoisotopic (exact) mass is 174 g/mol. The molecule has 0 spiro atoms. The molecule has 0 saturated heterocycles. The number of nitrogens with one attached hydrogen (secondary N) is 1. The van der Waals surface area contributed by atoms with Gasteiger partial charge in [0.05, 0.1) is 0 Å². The molecule has 4 heteroatoms. The Hall–Kier alpha value is -0.510. The maximum Gasteiger partial charge on any atom is 0.221 e. The standard InChI is InChI=1S/C8H9NO2.Na/c1-6(10)9-7-2-4-8(11)5-3-7;/h2-5,11H,1H3,(H,9,10);. The minimum absolute atomic E-state index is 0. The van der Waals surface area contributed by atoms with Crippen molar-refractivity contribution in [3.05, 3.63) is 24.3 Å².